The number of piperidine rings is 1. The first kappa shape index (κ1) is 19.5. The first-order valence-electron chi connectivity index (χ1n) is 8.90. The molecule has 1 amide bonds. The molecule has 0 saturated carbocycles. The van der Waals surface area contributed by atoms with E-state index in [-0.39, 0.29) is 23.4 Å². The van der Waals surface area contributed by atoms with Crippen LogP contribution in [0, 0.1) is 24.2 Å². The minimum Gasteiger partial charge on any atom is -0.466 e. The van der Waals surface area contributed by atoms with E-state index in [0.29, 0.717) is 39.1 Å². The van der Waals surface area contributed by atoms with Crippen LogP contribution in [-0.2, 0) is 20.9 Å². The van der Waals surface area contributed by atoms with Crippen molar-refractivity contribution in [2.45, 2.75) is 33.2 Å². The third-order valence-electron chi connectivity index (χ3n) is 4.39. The maximum absolute atomic E-state index is 12.5. The van der Waals surface area contributed by atoms with Crippen molar-refractivity contribution in [3.05, 3.63) is 47.2 Å². The van der Waals surface area contributed by atoms with E-state index in [4.69, 9.17) is 4.74 Å². The molecule has 1 aliphatic heterocycles. The van der Waals surface area contributed by atoms with E-state index in [9.17, 15) is 14.9 Å². The zero-order chi connectivity index (χ0) is 18.9. The van der Waals surface area contributed by atoms with Crippen LogP contribution in [0.25, 0.3) is 0 Å². The van der Waals surface area contributed by atoms with Crippen LogP contribution in [0.2, 0.25) is 0 Å². The number of nitriles is 1. The predicted molar refractivity (Wildman–Crippen MR) is 97.7 cm³/mol. The summed E-state index contributed by atoms with van der Waals surface area (Å²) in [5, 5.41) is 12.3. The van der Waals surface area contributed by atoms with Crippen LogP contribution in [0.15, 0.2) is 36.0 Å². The monoisotopic (exact) mass is 355 g/mol. The Morgan fingerprint density at radius 2 is 2.12 bits per heavy atom. The number of esters is 1. The summed E-state index contributed by atoms with van der Waals surface area (Å²) < 4.78 is 5.03. The lowest BCUT2D eigenvalue weighted by molar-refractivity contribution is -0.150. The number of nitrogens with zero attached hydrogens (tertiary/aromatic N) is 2. The molecular formula is C20H25N3O3. The highest BCUT2D eigenvalue weighted by Crippen LogP contribution is 2.20. The molecule has 0 aromatic heterocycles. The van der Waals surface area contributed by atoms with Crippen LogP contribution in [0.4, 0.5) is 0 Å². The van der Waals surface area contributed by atoms with E-state index in [1.807, 2.05) is 31.2 Å². The molecule has 0 radical (unpaired) electrons. The molecule has 0 spiro atoms. The number of aryl methyl sites for hydroxylation is 1. The fraction of sp³-hybridized carbons (Fsp3) is 0.450. The van der Waals surface area contributed by atoms with Gasteiger partial charge in [-0.3, -0.25) is 9.59 Å². The second kappa shape index (κ2) is 9.62. The molecule has 6 heteroatoms. The molecule has 1 saturated heterocycles. The van der Waals surface area contributed by atoms with Crippen molar-refractivity contribution < 1.29 is 14.3 Å². The molecule has 1 fully saturated rings. The van der Waals surface area contributed by atoms with Gasteiger partial charge in [-0.1, -0.05) is 29.8 Å². The second-order valence-electron chi connectivity index (χ2n) is 6.36. The third kappa shape index (κ3) is 5.35. The van der Waals surface area contributed by atoms with Crippen molar-refractivity contribution in [3.63, 3.8) is 0 Å². The Kier molecular flexibility index (Phi) is 7.22. The van der Waals surface area contributed by atoms with E-state index in [1.54, 1.807) is 11.8 Å². The van der Waals surface area contributed by atoms with Crippen LogP contribution < -0.4 is 5.32 Å². The molecule has 0 aliphatic carbocycles. The van der Waals surface area contributed by atoms with Crippen molar-refractivity contribution in [1.29, 1.82) is 5.26 Å². The summed E-state index contributed by atoms with van der Waals surface area (Å²) in [6, 6.07) is 9.99. The number of likely N-dealkylation sites (tertiary alicyclic amines) is 1. The molecular weight excluding hydrogens is 330 g/mol. The van der Waals surface area contributed by atoms with Gasteiger partial charge >= 0.3 is 5.97 Å². The summed E-state index contributed by atoms with van der Waals surface area (Å²) in [6.07, 6.45) is 2.61. The molecule has 2 rings (SSSR count). The fourth-order valence-electron chi connectivity index (χ4n) is 2.98. The molecule has 6 nitrogen and oxygen atoms in total. The number of ether oxygens (including phenoxy) is 1. The van der Waals surface area contributed by atoms with Crippen LogP contribution >= 0.6 is 0 Å². The molecule has 0 unspecified atom stereocenters. The highest BCUT2D eigenvalue weighted by molar-refractivity contribution is 5.97. The number of carbonyl (C=O) groups excluding carboxylic acids is 2. The van der Waals surface area contributed by atoms with E-state index in [0.717, 1.165) is 11.1 Å². The number of carbonyl (C=O) groups is 2. The van der Waals surface area contributed by atoms with Gasteiger partial charge in [-0.15, -0.1) is 0 Å². The van der Waals surface area contributed by atoms with Gasteiger partial charge in [-0.05, 0) is 32.3 Å². The molecule has 1 heterocycles. The second-order valence-corrected chi connectivity index (χ2v) is 6.36. The molecule has 1 aromatic rings. The topological polar surface area (TPSA) is 82.4 Å². The van der Waals surface area contributed by atoms with Gasteiger partial charge in [0.25, 0.3) is 5.91 Å². The average Bonchev–Trinajstić information content (AvgIpc) is 2.65. The van der Waals surface area contributed by atoms with E-state index in [1.165, 1.54) is 6.20 Å². The van der Waals surface area contributed by atoms with E-state index >= 15 is 0 Å². The number of rotatable bonds is 6. The van der Waals surface area contributed by atoms with Crippen molar-refractivity contribution in [1.82, 2.24) is 10.2 Å². The minimum atomic E-state index is -0.299. The highest BCUT2D eigenvalue weighted by Gasteiger charge is 2.29. The lowest BCUT2D eigenvalue weighted by Crippen LogP contribution is -2.41. The molecule has 1 N–H and O–H groups in total. The average molecular weight is 355 g/mol. The molecule has 1 aliphatic rings. The Balaban J connectivity index is 1.88. The zero-order valence-corrected chi connectivity index (χ0v) is 15.3. The third-order valence-corrected chi connectivity index (χ3v) is 4.39. The Morgan fingerprint density at radius 1 is 1.38 bits per heavy atom. The molecule has 26 heavy (non-hydrogen) atoms. The number of hydrogen-bond donors (Lipinski definition) is 1. The van der Waals surface area contributed by atoms with E-state index in [2.05, 4.69) is 11.4 Å². The molecule has 0 bridgehead atoms. The highest BCUT2D eigenvalue weighted by atomic mass is 16.5. The fourth-order valence-corrected chi connectivity index (χ4v) is 2.98. The molecule has 0 atom stereocenters. The van der Waals surface area contributed by atoms with E-state index < -0.39 is 0 Å². The number of benzene rings is 1. The Bertz CT molecular complexity index is 713. The summed E-state index contributed by atoms with van der Waals surface area (Å²) in [5.41, 5.74) is 2.32. The maximum Gasteiger partial charge on any atom is 0.309 e. The van der Waals surface area contributed by atoms with Gasteiger partial charge in [-0.2, -0.15) is 5.26 Å². The lowest BCUT2D eigenvalue weighted by Gasteiger charge is -2.30. The standard InChI is InChI=1S/C20H25N3O3/c1-3-26-20(25)17-7-9-23(10-8-17)19(24)18(12-21)14-22-13-16-6-4-5-15(2)11-16/h4-6,11,14,17,22H,3,7-10,13H2,1-2H3/b18-14-. The summed E-state index contributed by atoms with van der Waals surface area (Å²) in [7, 11) is 0. The first-order valence-corrected chi connectivity index (χ1v) is 8.90. The van der Waals surface area contributed by atoms with Gasteiger partial charge in [0, 0.05) is 25.8 Å². The van der Waals surface area contributed by atoms with Gasteiger partial charge in [0.05, 0.1) is 12.5 Å². The van der Waals surface area contributed by atoms with Gasteiger partial charge in [-0.25, -0.2) is 0 Å². The Morgan fingerprint density at radius 3 is 2.73 bits per heavy atom. The molecule has 138 valence electrons. The number of amides is 1. The normalized spacial score (nSPS) is 15.3. The zero-order valence-electron chi connectivity index (χ0n) is 15.3. The Hall–Kier alpha value is -2.81. The van der Waals surface area contributed by atoms with Crippen molar-refractivity contribution >= 4 is 11.9 Å². The Labute approximate surface area is 154 Å². The summed E-state index contributed by atoms with van der Waals surface area (Å²) in [5.74, 6) is -0.657. The van der Waals surface area contributed by atoms with Crippen LogP contribution in [-0.4, -0.2) is 36.5 Å². The first-order chi connectivity index (χ1) is 12.5. The van der Waals surface area contributed by atoms with Crippen molar-refractivity contribution in [2.75, 3.05) is 19.7 Å². The number of nitrogens with one attached hydrogen (secondary N) is 1. The molecule has 1 aromatic carbocycles. The summed E-state index contributed by atoms with van der Waals surface area (Å²) in [6.45, 7) is 5.63. The summed E-state index contributed by atoms with van der Waals surface area (Å²) in [4.78, 5) is 25.9. The van der Waals surface area contributed by atoms with Crippen LogP contribution in [0.5, 0.6) is 0 Å². The summed E-state index contributed by atoms with van der Waals surface area (Å²) >= 11 is 0. The lowest BCUT2D eigenvalue weighted by atomic mass is 9.96. The SMILES string of the molecule is CCOC(=O)C1CCN(C(=O)/C(C#N)=C\NCc2cccc(C)c2)CC1. The van der Waals surface area contributed by atoms with Gasteiger partial charge < -0.3 is 15.0 Å². The minimum absolute atomic E-state index is 0.0761. The van der Waals surface area contributed by atoms with Crippen LogP contribution in [0.1, 0.15) is 30.9 Å². The quantitative estimate of drug-likeness (QED) is 0.481. The van der Waals surface area contributed by atoms with Gasteiger partial charge in [0.15, 0.2) is 0 Å². The van der Waals surface area contributed by atoms with Gasteiger partial charge in [0.2, 0.25) is 0 Å². The number of hydrogen-bond acceptors (Lipinski definition) is 5. The largest absolute Gasteiger partial charge is 0.466 e. The smallest absolute Gasteiger partial charge is 0.309 e. The van der Waals surface area contributed by atoms with Gasteiger partial charge in [0.1, 0.15) is 11.6 Å². The predicted octanol–water partition coefficient (Wildman–Crippen LogP) is 2.29. The van der Waals surface area contributed by atoms with Crippen molar-refractivity contribution in [3.8, 4) is 6.07 Å². The van der Waals surface area contributed by atoms with Crippen molar-refractivity contribution in [2.24, 2.45) is 5.92 Å². The maximum atomic E-state index is 12.5. The van der Waals surface area contributed by atoms with Crippen LogP contribution in [0.3, 0.4) is 0 Å².